The summed E-state index contributed by atoms with van der Waals surface area (Å²) < 4.78 is 38.9. The maximum absolute atomic E-state index is 13.0. The zero-order valence-corrected chi connectivity index (χ0v) is 11.6. The molecule has 1 fully saturated rings. The number of hydrogen-bond acceptors (Lipinski definition) is 4. The van der Waals surface area contributed by atoms with Crippen molar-refractivity contribution in [1.82, 2.24) is 5.32 Å². The fourth-order valence-corrected chi connectivity index (χ4v) is 2.64. The van der Waals surface area contributed by atoms with Crippen LogP contribution in [-0.2, 0) is 6.18 Å². The largest absolute Gasteiger partial charge is 0.423 e. The first-order valence-electron chi connectivity index (χ1n) is 6.55. The minimum absolute atomic E-state index is 0.137. The maximum atomic E-state index is 13.0. The van der Waals surface area contributed by atoms with Gasteiger partial charge < -0.3 is 10.2 Å². The number of nitro groups is 1. The van der Waals surface area contributed by atoms with E-state index < -0.39 is 22.4 Å². The Kier molecular flexibility index (Phi) is 4.08. The number of hydrogen-bond donors (Lipinski definition) is 1. The molecule has 0 saturated carbocycles. The van der Waals surface area contributed by atoms with Crippen molar-refractivity contribution in [2.45, 2.75) is 32.1 Å². The number of nitro benzene ring substituents is 1. The molecule has 1 saturated heterocycles. The Balaban J connectivity index is 2.40. The highest BCUT2D eigenvalue weighted by Gasteiger charge is 2.39. The summed E-state index contributed by atoms with van der Waals surface area (Å²) in [6.07, 6.45) is -4.75. The topological polar surface area (TPSA) is 58.4 Å². The Morgan fingerprint density at radius 3 is 2.33 bits per heavy atom. The lowest BCUT2D eigenvalue weighted by atomic mass is 10.1. The predicted octanol–water partition coefficient (Wildman–Crippen LogP) is 2.80. The van der Waals surface area contributed by atoms with Crippen LogP contribution in [0.5, 0.6) is 0 Å². The lowest BCUT2D eigenvalue weighted by Crippen LogP contribution is -2.54. The van der Waals surface area contributed by atoms with E-state index in [1.165, 1.54) is 6.07 Å². The molecule has 5 nitrogen and oxygen atoms in total. The zero-order valence-electron chi connectivity index (χ0n) is 11.6. The highest BCUT2D eigenvalue weighted by Crippen LogP contribution is 2.38. The van der Waals surface area contributed by atoms with Crippen LogP contribution in [0.3, 0.4) is 0 Å². The molecule has 2 unspecified atom stereocenters. The first-order valence-corrected chi connectivity index (χ1v) is 6.55. The monoisotopic (exact) mass is 303 g/mol. The molecule has 1 N–H and O–H groups in total. The average molecular weight is 303 g/mol. The van der Waals surface area contributed by atoms with Crippen molar-refractivity contribution in [3.8, 4) is 0 Å². The Bertz CT molecular complexity index is 538. The first kappa shape index (κ1) is 15.6. The van der Waals surface area contributed by atoms with Crippen LogP contribution in [0.4, 0.5) is 24.5 Å². The summed E-state index contributed by atoms with van der Waals surface area (Å²) >= 11 is 0. The van der Waals surface area contributed by atoms with E-state index >= 15 is 0 Å². The van der Waals surface area contributed by atoms with E-state index in [1.54, 1.807) is 0 Å². The number of nitrogens with one attached hydrogen (secondary N) is 1. The van der Waals surface area contributed by atoms with Crippen LogP contribution in [0.2, 0.25) is 0 Å². The summed E-state index contributed by atoms with van der Waals surface area (Å²) in [7, 11) is 0. The van der Waals surface area contributed by atoms with Crippen molar-refractivity contribution in [2.75, 3.05) is 18.0 Å². The van der Waals surface area contributed by atoms with Crippen molar-refractivity contribution in [2.24, 2.45) is 0 Å². The van der Waals surface area contributed by atoms with Gasteiger partial charge in [-0.1, -0.05) is 0 Å². The van der Waals surface area contributed by atoms with Gasteiger partial charge in [-0.05, 0) is 26.0 Å². The van der Waals surface area contributed by atoms with Gasteiger partial charge in [0.05, 0.1) is 4.92 Å². The van der Waals surface area contributed by atoms with Gasteiger partial charge in [0.2, 0.25) is 0 Å². The molecule has 2 rings (SSSR count). The number of nitrogens with zero attached hydrogens (tertiary/aromatic N) is 2. The standard InChI is InChI=1S/C13H16F3N3O2/c1-8-6-18(7-9(2)17-8)10-3-4-12(19(20)21)11(5-10)13(14,15)16/h3-5,8-9,17H,6-7H2,1-2H3. The minimum atomic E-state index is -4.75. The Morgan fingerprint density at radius 1 is 1.29 bits per heavy atom. The molecular formula is C13H16F3N3O2. The summed E-state index contributed by atoms with van der Waals surface area (Å²) in [4.78, 5) is 11.5. The molecule has 2 atom stereocenters. The fourth-order valence-electron chi connectivity index (χ4n) is 2.64. The Hall–Kier alpha value is -1.83. The molecule has 0 radical (unpaired) electrons. The SMILES string of the molecule is CC1CN(c2ccc([N+](=O)[O-])c(C(F)(F)F)c2)CC(C)N1. The van der Waals surface area contributed by atoms with Gasteiger partial charge in [-0.25, -0.2) is 0 Å². The molecule has 1 aliphatic rings. The van der Waals surface area contributed by atoms with Crippen LogP contribution in [0, 0.1) is 10.1 Å². The van der Waals surface area contributed by atoms with E-state index in [-0.39, 0.29) is 12.1 Å². The normalized spacial score (nSPS) is 23.2. The molecule has 0 aromatic heterocycles. The summed E-state index contributed by atoms with van der Waals surface area (Å²) in [6.45, 7) is 5.00. The summed E-state index contributed by atoms with van der Waals surface area (Å²) in [5.41, 5.74) is -1.76. The molecule has 1 aromatic rings. The van der Waals surface area contributed by atoms with E-state index in [2.05, 4.69) is 5.32 Å². The molecule has 0 bridgehead atoms. The molecule has 0 amide bonds. The zero-order chi connectivity index (χ0) is 15.8. The van der Waals surface area contributed by atoms with Crippen LogP contribution >= 0.6 is 0 Å². The smallest absolute Gasteiger partial charge is 0.368 e. The van der Waals surface area contributed by atoms with Gasteiger partial charge in [0.15, 0.2) is 0 Å². The molecular weight excluding hydrogens is 287 g/mol. The minimum Gasteiger partial charge on any atom is -0.368 e. The molecule has 1 heterocycles. The van der Waals surface area contributed by atoms with Crippen molar-refractivity contribution in [3.63, 3.8) is 0 Å². The highest BCUT2D eigenvalue weighted by atomic mass is 19.4. The Labute approximate surface area is 119 Å². The van der Waals surface area contributed by atoms with Gasteiger partial charge in [-0.2, -0.15) is 13.2 Å². The van der Waals surface area contributed by atoms with Gasteiger partial charge in [0, 0.05) is 36.9 Å². The van der Waals surface area contributed by atoms with Gasteiger partial charge in [-0.15, -0.1) is 0 Å². The summed E-state index contributed by atoms with van der Waals surface area (Å²) in [5.74, 6) is 0. The van der Waals surface area contributed by atoms with Crippen LogP contribution in [0.15, 0.2) is 18.2 Å². The van der Waals surface area contributed by atoms with Crippen LogP contribution < -0.4 is 10.2 Å². The molecule has 0 aliphatic carbocycles. The molecule has 0 spiro atoms. The quantitative estimate of drug-likeness (QED) is 0.674. The van der Waals surface area contributed by atoms with E-state index in [0.717, 1.165) is 12.1 Å². The third kappa shape index (κ3) is 3.44. The molecule has 1 aromatic carbocycles. The lowest BCUT2D eigenvalue weighted by molar-refractivity contribution is -0.388. The lowest BCUT2D eigenvalue weighted by Gasteiger charge is -2.37. The molecule has 116 valence electrons. The van der Waals surface area contributed by atoms with Gasteiger partial charge in [0.1, 0.15) is 5.56 Å². The van der Waals surface area contributed by atoms with Crippen LogP contribution in [0.25, 0.3) is 0 Å². The van der Waals surface area contributed by atoms with E-state index in [9.17, 15) is 23.3 Å². The third-order valence-electron chi connectivity index (χ3n) is 3.40. The van der Waals surface area contributed by atoms with Gasteiger partial charge in [-0.3, -0.25) is 10.1 Å². The van der Waals surface area contributed by atoms with Gasteiger partial charge >= 0.3 is 6.18 Å². The average Bonchev–Trinajstić information content (AvgIpc) is 2.35. The first-order chi connectivity index (χ1) is 9.68. The van der Waals surface area contributed by atoms with E-state index in [4.69, 9.17) is 0 Å². The van der Waals surface area contributed by atoms with Crippen molar-refractivity contribution in [1.29, 1.82) is 0 Å². The molecule has 1 aliphatic heterocycles. The number of alkyl halides is 3. The van der Waals surface area contributed by atoms with Crippen molar-refractivity contribution in [3.05, 3.63) is 33.9 Å². The fraction of sp³-hybridized carbons (Fsp3) is 0.538. The highest BCUT2D eigenvalue weighted by molar-refractivity contribution is 5.57. The van der Waals surface area contributed by atoms with Crippen molar-refractivity contribution < 1.29 is 18.1 Å². The second kappa shape index (κ2) is 5.51. The summed E-state index contributed by atoms with van der Waals surface area (Å²) in [5, 5.41) is 14.0. The van der Waals surface area contributed by atoms with Crippen molar-refractivity contribution >= 4 is 11.4 Å². The number of halogens is 3. The second-order valence-electron chi connectivity index (χ2n) is 5.33. The number of piperazine rings is 1. The number of benzene rings is 1. The Morgan fingerprint density at radius 2 is 1.86 bits per heavy atom. The second-order valence-corrected chi connectivity index (χ2v) is 5.33. The van der Waals surface area contributed by atoms with Crippen LogP contribution in [0.1, 0.15) is 19.4 Å². The number of rotatable bonds is 2. The third-order valence-corrected chi connectivity index (χ3v) is 3.40. The predicted molar refractivity (Wildman–Crippen MR) is 72.4 cm³/mol. The van der Waals surface area contributed by atoms with Crippen LogP contribution in [-0.4, -0.2) is 30.1 Å². The van der Waals surface area contributed by atoms with Gasteiger partial charge in [0.25, 0.3) is 5.69 Å². The molecule has 8 heteroatoms. The van der Waals surface area contributed by atoms with E-state index in [0.29, 0.717) is 18.8 Å². The maximum Gasteiger partial charge on any atom is 0.423 e. The molecule has 21 heavy (non-hydrogen) atoms. The van der Waals surface area contributed by atoms with E-state index in [1.807, 2.05) is 18.7 Å². The summed E-state index contributed by atoms with van der Waals surface area (Å²) in [6, 6.07) is 3.44. The number of anilines is 1.